The van der Waals surface area contributed by atoms with Gasteiger partial charge < -0.3 is 25.9 Å². The minimum Gasteiger partial charge on any atom is -0.496 e. The number of likely N-dealkylation sites (N-methyl/N-ethyl adjacent to an activating group) is 1. The van der Waals surface area contributed by atoms with Gasteiger partial charge in [-0.1, -0.05) is 5.16 Å². The summed E-state index contributed by atoms with van der Waals surface area (Å²) >= 11 is 0. The molecule has 0 radical (unpaired) electrons. The van der Waals surface area contributed by atoms with Gasteiger partial charge in [0.25, 0.3) is 0 Å². The van der Waals surface area contributed by atoms with E-state index in [9.17, 15) is 4.79 Å². The Kier molecular flexibility index (Phi) is 5.79. The normalized spacial score (nSPS) is 11.2. The number of benzene rings is 1. The molecule has 1 aromatic carbocycles. The van der Waals surface area contributed by atoms with Crippen molar-refractivity contribution in [2.45, 2.75) is 6.54 Å². The number of nitrogens with zero attached hydrogens (tertiary/aromatic N) is 2. The number of amides is 1. The average molecular weight is 280 g/mol. The first kappa shape index (κ1) is 15.8. The first-order valence-corrected chi connectivity index (χ1v) is 6.05. The lowest BCUT2D eigenvalue weighted by molar-refractivity contribution is -0.127. The van der Waals surface area contributed by atoms with Crippen molar-refractivity contribution in [2.24, 2.45) is 10.9 Å². The second kappa shape index (κ2) is 7.34. The molecule has 0 fully saturated rings. The van der Waals surface area contributed by atoms with Crippen LogP contribution in [0.15, 0.2) is 23.4 Å². The first-order chi connectivity index (χ1) is 9.49. The summed E-state index contributed by atoms with van der Waals surface area (Å²) in [6.45, 7) is 0.666. The molecular weight excluding hydrogens is 260 g/mol. The van der Waals surface area contributed by atoms with Gasteiger partial charge >= 0.3 is 0 Å². The highest BCUT2D eigenvalue weighted by Crippen LogP contribution is 2.19. The molecule has 0 aromatic heterocycles. The molecule has 7 heteroatoms. The van der Waals surface area contributed by atoms with Crippen molar-refractivity contribution < 1.29 is 14.7 Å². The van der Waals surface area contributed by atoms with Gasteiger partial charge in [0.1, 0.15) is 5.75 Å². The number of carbonyl (C=O) groups is 1. The quantitative estimate of drug-likeness (QED) is 0.294. The van der Waals surface area contributed by atoms with Crippen molar-refractivity contribution in [1.82, 2.24) is 10.2 Å². The van der Waals surface area contributed by atoms with E-state index >= 15 is 0 Å². The summed E-state index contributed by atoms with van der Waals surface area (Å²) in [6.07, 6.45) is 0. The largest absolute Gasteiger partial charge is 0.496 e. The molecule has 110 valence electrons. The van der Waals surface area contributed by atoms with Crippen LogP contribution in [-0.4, -0.2) is 49.6 Å². The van der Waals surface area contributed by atoms with Gasteiger partial charge in [0.15, 0.2) is 5.84 Å². The van der Waals surface area contributed by atoms with Crippen LogP contribution in [0.1, 0.15) is 11.1 Å². The van der Waals surface area contributed by atoms with Gasteiger partial charge in [-0.15, -0.1) is 0 Å². The molecule has 1 aromatic rings. The van der Waals surface area contributed by atoms with E-state index in [0.29, 0.717) is 17.9 Å². The first-order valence-electron chi connectivity index (χ1n) is 6.05. The molecule has 1 rings (SSSR count). The Morgan fingerprint density at radius 3 is 2.75 bits per heavy atom. The van der Waals surface area contributed by atoms with E-state index in [1.165, 1.54) is 4.90 Å². The SMILES string of the molecule is COc1ccc(/C(N)=N/O)cc1CNCC(=O)N(C)C. The fraction of sp³-hybridized carbons (Fsp3) is 0.385. The molecule has 0 bridgehead atoms. The number of oxime groups is 1. The summed E-state index contributed by atoms with van der Waals surface area (Å²) < 4.78 is 5.24. The van der Waals surface area contributed by atoms with Crippen molar-refractivity contribution in [2.75, 3.05) is 27.7 Å². The molecule has 1 amide bonds. The number of hydrogen-bond donors (Lipinski definition) is 3. The third-order valence-corrected chi connectivity index (χ3v) is 2.77. The molecule has 0 saturated heterocycles. The minimum atomic E-state index is -0.0171. The number of nitrogens with one attached hydrogen (secondary N) is 1. The Bertz CT molecular complexity index is 500. The van der Waals surface area contributed by atoms with Crippen molar-refractivity contribution in [3.8, 4) is 5.75 Å². The van der Waals surface area contributed by atoms with E-state index in [-0.39, 0.29) is 18.3 Å². The Hall–Kier alpha value is -2.28. The van der Waals surface area contributed by atoms with Crippen molar-refractivity contribution in [3.05, 3.63) is 29.3 Å². The molecule has 0 aliphatic heterocycles. The number of hydrogen-bond acceptors (Lipinski definition) is 5. The van der Waals surface area contributed by atoms with Crippen molar-refractivity contribution in [1.29, 1.82) is 0 Å². The minimum absolute atomic E-state index is 0.0171. The standard InChI is InChI=1S/C13H20N4O3/c1-17(2)12(18)8-15-7-10-6-9(13(14)16-19)4-5-11(10)20-3/h4-6,15,19H,7-8H2,1-3H3,(H2,14,16). The van der Waals surface area contributed by atoms with E-state index in [1.54, 1.807) is 39.4 Å². The van der Waals surface area contributed by atoms with E-state index in [2.05, 4.69) is 10.5 Å². The lowest BCUT2D eigenvalue weighted by Crippen LogP contribution is -2.32. The van der Waals surface area contributed by atoms with Crippen molar-refractivity contribution in [3.63, 3.8) is 0 Å². The predicted octanol–water partition coefficient (Wildman–Crippen LogP) is -0.0325. The molecule has 0 heterocycles. The third-order valence-electron chi connectivity index (χ3n) is 2.77. The summed E-state index contributed by atoms with van der Waals surface area (Å²) in [7, 11) is 4.96. The van der Waals surface area contributed by atoms with Crippen LogP contribution in [0.5, 0.6) is 5.75 Å². The van der Waals surface area contributed by atoms with Crippen LogP contribution in [0.25, 0.3) is 0 Å². The summed E-state index contributed by atoms with van der Waals surface area (Å²) in [5, 5.41) is 14.7. The maximum absolute atomic E-state index is 11.5. The zero-order valence-electron chi connectivity index (χ0n) is 11.9. The second-order valence-electron chi connectivity index (χ2n) is 4.40. The van der Waals surface area contributed by atoms with E-state index in [4.69, 9.17) is 15.7 Å². The fourth-order valence-corrected chi connectivity index (χ4v) is 1.60. The summed E-state index contributed by atoms with van der Waals surface area (Å²) in [6, 6.07) is 5.18. The van der Waals surface area contributed by atoms with Crippen LogP contribution in [0.3, 0.4) is 0 Å². The van der Waals surface area contributed by atoms with Gasteiger partial charge in [-0.05, 0) is 18.2 Å². The predicted molar refractivity (Wildman–Crippen MR) is 75.9 cm³/mol. The maximum atomic E-state index is 11.5. The van der Waals surface area contributed by atoms with Gasteiger partial charge in [-0.25, -0.2) is 0 Å². The summed E-state index contributed by atoms with van der Waals surface area (Å²) in [5.41, 5.74) is 6.96. The number of carbonyl (C=O) groups excluding carboxylic acids is 1. The second-order valence-corrected chi connectivity index (χ2v) is 4.40. The number of amidine groups is 1. The smallest absolute Gasteiger partial charge is 0.236 e. The summed E-state index contributed by atoms with van der Waals surface area (Å²) in [5.74, 6) is 0.680. The fourth-order valence-electron chi connectivity index (χ4n) is 1.60. The lowest BCUT2D eigenvalue weighted by atomic mass is 10.1. The molecule has 0 spiro atoms. The zero-order valence-corrected chi connectivity index (χ0v) is 11.9. The molecule has 0 aliphatic carbocycles. The average Bonchev–Trinajstić information content (AvgIpc) is 2.45. The highest BCUT2D eigenvalue weighted by Gasteiger charge is 2.08. The van der Waals surface area contributed by atoms with Crippen LogP contribution in [-0.2, 0) is 11.3 Å². The monoisotopic (exact) mass is 280 g/mol. The highest BCUT2D eigenvalue weighted by molar-refractivity contribution is 5.97. The summed E-state index contributed by atoms with van der Waals surface area (Å²) in [4.78, 5) is 13.0. The Balaban J connectivity index is 2.79. The van der Waals surface area contributed by atoms with Gasteiger partial charge in [-0.2, -0.15) is 0 Å². The molecule has 20 heavy (non-hydrogen) atoms. The van der Waals surface area contributed by atoms with Crippen LogP contribution in [0, 0.1) is 0 Å². The number of rotatable bonds is 6. The molecule has 0 unspecified atom stereocenters. The number of ether oxygens (including phenoxy) is 1. The topological polar surface area (TPSA) is 100 Å². The zero-order chi connectivity index (χ0) is 15.1. The van der Waals surface area contributed by atoms with Crippen LogP contribution in [0.2, 0.25) is 0 Å². The van der Waals surface area contributed by atoms with Gasteiger partial charge in [0, 0.05) is 31.8 Å². The Morgan fingerprint density at radius 1 is 1.50 bits per heavy atom. The van der Waals surface area contributed by atoms with Gasteiger partial charge in [0.05, 0.1) is 13.7 Å². The molecule has 0 atom stereocenters. The van der Waals surface area contributed by atoms with Crippen LogP contribution < -0.4 is 15.8 Å². The lowest BCUT2D eigenvalue weighted by Gasteiger charge is -2.13. The molecule has 7 nitrogen and oxygen atoms in total. The molecule has 4 N–H and O–H groups in total. The molecular formula is C13H20N4O3. The van der Waals surface area contributed by atoms with E-state index in [1.807, 2.05) is 0 Å². The van der Waals surface area contributed by atoms with Crippen LogP contribution in [0.4, 0.5) is 0 Å². The third kappa shape index (κ3) is 4.13. The van der Waals surface area contributed by atoms with E-state index in [0.717, 1.165) is 5.56 Å². The molecule has 0 aliphatic rings. The van der Waals surface area contributed by atoms with Crippen LogP contribution >= 0.6 is 0 Å². The maximum Gasteiger partial charge on any atom is 0.236 e. The number of nitrogens with two attached hydrogens (primary N) is 1. The molecule has 0 saturated carbocycles. The van der Waals surface area contributed by atoms with Crippen molar-refractivity contribution >= 4 is 11.7 Å². The Morgan fingerprint density at radius 2 is 2.20 bits per heavy atom. The Labute approximate surface area is 118 Å². The van der Waals surface area contributed by atoms with Gasteiger partial charge in [-0.3, -0.25) is 4.79 Å². The van der Waals surface area contributed by atoms with Gasteiger partial charge in [0.2, 0.25) is 5.91 Å². The van der Waals surface area contributed by atoms with E-state index < -0.39 is 0 Å². The highest BCUT2D eigenvalue weighted by atomic mass is 16.5. The number of methoxy groups -OCH3 is 1.